The van der Waals surface area contributed by atoms with E-state index in [4.69, 9.17) is 5.11 Å². The Bertz CT molecular complexity index is 363. The average molecular weight is 285 g/mol. The fraction of sp³-hybridized carbons (Fsp3) is 0.333. The van der Waals surface area contributed by atoms with Gasteiger partial charge in [0.15, 0.2) is 0 Å². The molecule has 0 aromatic heterocycles. The van der Waals surface area contributed by atoms with Gasteiger partial charge in [-0.1, -0.05) is 0 Å². The Hall–Kier alpha value is -0.750. The molecule has 0 unspecified atom stereocenters. The van der Waals surface area contributed by atoms with Gasteiger partial charge in [0.2, 0.25) is 0 Å². The van der Waals surface area contributed by atoms with Crippen LogP contribution in [0, 0.1) is 0 Å². The van der Waals surface area contributed by atoms with Crippen molar-refractivity contribution >= 4 is 15.9 Å². The Balaban J connectivity index is 3.39. The second kappa shape index (κ2) is 4.40. The van der Waals surface area contributed by atoms with Crippen molar-refractivity contribution in [1.82, 2.24) is 0 Å². The van der Waals surface area contributed by atoms with E-state index in [-0.39, 0.29) is 15.8 Å². The Morgan fingerprint density at radius 2 is 2.00 bits per heavy atom. The van der Waals surface area contributed by atoms with Crippen LogP contribution in [-0.4, -0.2) is 12.2 Å². The van der Waals surface area contributed by atoms with Gasteiger partial charge in [0.25, 0.3) is 0 Å². The maximum Gasteiger partial charge on any atom is 0.420 e. The minimum absolute atomic E-state index is 0.170. The summed E-state index contributed by atoms with van der Waals surface area (Å²) >= 11 is 2.96. The van der Waals surface area contributed by atoms with Crippen LogP contribution < -0.4 is 4.74 Å². The zero-order valence-electron chi connectivity index (χ0n) is 7.73. The fourth-order valence-corrected chi connectivity index (χ4v) is 1.83. The number of alkyl halides is 3. The number of halogens is 4. The van der Waals surface area contributed by atoms with E-state index >= 15 is 0 Å². The Labute approximate surface area is 92.8 Å². The van der Waals surface area contributed by atoms with Gasteiger partial charge in [0.1, 0.15) is 5.75 Å². The van der Waals surface area contributed by atoms with Gasteiger partial charge in [-0.25, -0.2) is 0 Å². The van der Waals surface area contributed by atoms with E-state index in [0.717, 1.165) is 13.2 Å². The number of methoxy groups -OCH3 is 1. The van der Waals surface area contributed by atoms with Gasteiger partial charge < -0.3 is 9.84 Å². The van der Waals surface area contributed by atoms with Crippen LogP contribution in [0.3, 0.4) is 0 Å². The van der Waals surface area contributed by atoms with Gasteiger partial charge in [-0.05, 0) is 33.6 Å². The molecule has 0 saturated carbocycles. The molecule has 1 aromatic carbocycles. The first-order chi connectivity index (χ1) is 6.90. The Morgan fingerprint density at radius 3 is 2.40 bits per heavy atom. The number of aliphatic hydroxyl groups is 1. The zero-order valence-corrected chi connectivity index (χ0v) is 9.32. The molecule has 1 N–H and O–H groups in total. The Morgan fingerprint density at radius 1 is 1.40 bits per heavy atom. The van der Waals surface area contributed by atoms with E-state index in [1.165, 1.54) is 6.07 Å². The fourth-order valence-electron chi connectivity index (χ4n) is 1.16. The molecule has 0 bridgehead atoms. The molecule has 0 aliphatic heterocycles. The zero-order chi connectivity index (χ0) is 11.6. The van der Waals surface area contributed by atoms with Gasteiger partial charge in [-0.15, -0.1) is 0 Å². The second-order valence-electron chi connectivity index (χ2n) is 2.81. The molecule has 0 atom stereocenters. The van der Waals surface area contributed by atoms with Crippen LogP contribution in [0.2, 0.25) is 0 Å². The van der Waals surface area contributed by atoms with Crippen LogP contribution in [0.15, 0.2) is 16.6 Å². The SMILES string of the molecule is COc1c(Br)cc(CO)cc1C(F)(F)F. The van der Waals surface area contributed by atoms with Crippen LogP contribution in [-0.2, 0) is 12.8 Å². The minimum atomic E-state index is -4.50. The van der Waals surface area contributed by atoms with Crippen molar-refractivity contribution in [2.45, 2.75) is 12.8 Å². The molecule has 0 amide bonds. The van der Waals surface area contributed by atoms with E-state index in [2.05, 4.69) is 20.7 Å². The summed E-state index contributed by atoms with van der Waals surface area (Å²) < 4.78 is 42.5. The molecule has 0 spiro atoms. The summed E-state index contributed by atoms with van der Waals surface area (Å²) in [6.07, 6.45) is -4.50. The quantitative estimate of drug-likeness (QED) is 0.905. The van der Waals surface area contributed by atoms with Gasteiger partial charge >= 0.3 is 6.18 Å². The van der Waals surface area contributed by atoms with E-state index in [0.29, 0.717) is 0 Å². The predicted molar refractivity (Wildman–Crippen MR) is 51.6 cm³/mol. The summed E-state index contributed by atoms with van der Waals surface area (Å²) in [5.41, 5.74) is -0.724. The first-order valence-electron chi connectivity index (χ1n) is 3.94. The van der Waals surface area contributed by atoms with Gasteiger partial charge in [-0.2, -0.15) is 13.2 Å². The van der Waals surface area contributed by atoms with Crippen LogP contribution in [0.1, 0.15) is 11.1 Å². The molecular formula is C9H8BrF3O2. The van der Waals surface area contributed by atoms with Crippen molar-refractivity contribution in [1.29, 1.82) is 0 Å². The molecule has 1 rings (SSSR count). The van der Waals surface area contributed by atoms with Crippen LogP contribution in [0.4, 0.5) is 13.2 Å². The van der Waals surface area contributed by atoms with Gasteiger partial charge in [-0.3, -0.25) is 0 Å². The average Bonchev–Trinajstić information content (AvgIpc) is 2.15. The van der Waals surface area contributed by atoms with Gasteiger partial charge in [0, 0.05) is 0 Å². The first kappa shape index (κ1) is 12.3. The summed E-state index contributed by atoms with van der Waals surface area (Å²) in [5, 5.41) is 8.79. The van der Waals surface area contributed by atoms with Crippen LogP contribution >= 0.6 is 15.9 Å². The molecule has 15 heavy (non-hydrogen) atoms. The number of ether oxygens (including phenoxy) is 1. The van der Waals surface area contributed by atoms with Crippen molar-refractivity contribution < 1.29 is 23.0 Å². The van der Waals surface area contributed by atoms with Crippen LogP contribution in [0.25, 0.3) is 0 Å². The summed E-state index contributed by atoms with van der Waals surface area (Å²) in [7, 11) is 1.16. The normalized spacial score (nSPS) is 11.6. The molecule has 0 aliphatic carbocycles. The standard InChI is InChI=1S/C9H8BrF3O2/c1-15-8-6(9(11,12)13)2-5(4-14)3-7(8)10/h2-3,14H,4H2,1H3. The topological polar surface area (TPSA) is 29.5 Å². The molecule has 84 valence electrons. The first-order valence-corrected chi connectivity index (χ1v) is 4.74. The highest BCUT2D eigenvalue weighted by Crippen LogP contribution is 2.41. The second-order valence-corrected chi connectivity index (χ2v) is 3.67. The van der Waals surface area contributed by atoms with E-state index < -0.39 is 18.3 Å². The predicted octanol–water partition coefficient (Wildman–Crippen LogP) is 2.97. The van der Waals surface area contributed by atoms with Crippen molar-refractivity contribution in [3.8, 4) is 5.75 Å². The molecule has 0 saturated heterocycles. The molecule has 0 heterocycles. The van der Waals surface area contributed by atoms with Crippen molar-refractivity contribution in [2.75, 3.05) is 7.11 Å². The summed E-state index contributed by atoms with van der Waals surface area (Å²) in [6, 6.07) is 2.25. The van der Waals surface area contributed by atoms with E-state index in [1.807, 2.05) is 0 Å². The molecule has 0 aliphatic rings. The van der Waals surface area contributed by atoms with Gasteiger partial charge in [0.05, 0.1) is 23.8 Å². The number of rotatable bonds is 2. The van der Waals surface area contributed by atoms with Crippen molar-refractivity contribution in [3.05, 3.63) is 27.7 Å². The Kier molecular flexibility index (Phi) is 3.62. The minimum Gasteiger partial charge on any atom is -0.495 e. The lowest BCUT2D eigenvalue weighted by atomic mass is 10.1. The maximum absolute atomic E-state index is 12.5. The third-order valence-electron chi connectivity index (χ3n) is 1.80. The number of benzene rings is 1. The smallest absolute Gasteiger partial charge is 0.420 e. The monoisotopic (exact) mass is 284 g/mol. The largest absolute Gasteiger partial charge is 0.495 e. The maximum atomic E-state index is 12.5. The summed E-state index contributed by atoms with van der Waals surface area (Å²) in [4.78, 5) is 0. The molecule has 0 radical (unpaired) electrons. The number of aliphatic hydroxyl groups excluding tert-OH is 1. The third-order valence-corrected chi connectivity index (χ3v) is 2.38. The molecule has 2 nitrogen and oxygen atoms in total. The van der Waals surface area contributed by atoms with Crippen molar-refractivity contribution in [2.24, 2.45) is 0 Å². The lowest BCUT2D eigenvalue weighted by molar-refractivity contribution is -0.138. The molecule has 0 fully saturated rings. The third kappa shape index (κ3) is 2.63. The summed E-state index contributed by atoms with van der Waals surface area (Å²) in [5.74, 6) is -0.278. The van der Waals surface area contributed by atoms with E-state index in [1.54, 1.807) is 0 Å². The lowest BCUT2D eigenvalue weighted by Gasteiger charge is -2.14. The molecule has 1 aromatic rings. The number of hydrogen-bond donors (Lipinski definition) is 1. The molecule has 6 heteroatoms. The van der Waals surface area contributed by atoms with Crippen LogP contribution in [0.5, 0.6) is 5.75 Å². The lowest BCUT2D eigenvalue weighted by Crippen LogP contribution is -2.09. The highest BCUT2D eigenvalue weighted by Gasteiger charge is 2.35. The molecular weight excluding hydrogens is 277 g/mol. The van der Waals surface area contributed by atoms with E-state index in [9.17, 15) is 13.2 Å². The highest BCUT2D eigenvalue weighted by molar-refractivity contribution is 9.10. The van der Waals surface area contributed by atoms with Crippen molar-refractivity contribution in [3.63, 3.8) is 0 Å². The highest BCUT2D eigenvalue weighted by atomic mass is 79.9. The summed E-state index contributed by atoms with van der Waals surface area (Å²) in [6.45, 7) is -0.453. The number of hydrogen-bond acceptors (Lipinski definition) is 2.